The zero-order chi connectivity index (χ0) is 19.2. The molecule has 1 fully saturated rings. The fourth-order valence-corrected chi connectivity index (χ4v) is 4.20. The van der Waals surface area contributed by atoms with Gasteiger partial charge in [-0.15, -0.1) is 0 Å². The van der Waals surface area contributed by atoms with Gasteiger partial charge in [0, 0.05) is 6.08 Å². The molecule has 0 aromatic heterocycles. The van der Waals surface area contributed by atoms with E-state index in [0.717, 1.165) is 11.8 Å². The number of hydrogen-bond acceptors (Lipinski definition) is 1. The van der Waals surface area contributed by atoms with E-state index in [-0.39, 0.29) is 0 Å². The van der Waals surface area contributed by atoms with E-state index < -0.39 is 0 Å². The van der Waals surface area contributed by atoms with Crippen LogP contribution in [0.25, 0.3) is 0 Å². The van der Waals surface area contributed by atoms with Crippen molar-refractivity contribution in [3.63, 3.8) is 0 Å². The lowest BCUT2D eigenvalue weighted by molar-refractivity contribution is 0.289. The summed E-state index contributed by atoms with van der Waals surface area (Å²) >= 11 is 0. The number of nitriles is 1. The molecule has 0 radical (unpaired) electrons. The van der Waals surface area contributed by atoms with Gasteiger partial charge in [-0.1, -0.05) is 75.1 Å². The number of rotatable bonds is 11. The van der Waals surface area contributed by atoms with Gasteiger partial charge in [-0.3, -0.25) is 0 Å². The van der Waals surface area contributed by atoms with Crippen molar-refractivity contribution in [1.82, 2.24) is 0 Å². The summed E-state index contributed by atoms with van der Waals surface area (Å²) in [7, 11) is 0. The molecule has 1 aliphatic rings. The second kappa shape index (κ2) is 13.4. The molecule has 0 heterocycles. The van der Waals surface area contributed by atoms with Gasteiger partial charge in [0.25, 0.3) is 0 Å². The fraction of sp³-hybridized carbons (Fsp3) is 0.577. The summed E-state index contributed by atoms with van der Waals surface area (Å²) in [4.78, 5) is 0. The highest BCUT2D eigenvalue weighted by molar-refractivity contribution is 5.22. The molecule has 1 aromatic rings. The molecule has 0 bridgehead atoms. The lowest BCUT2D eigenvalue weighted by atomic mass is 9.79. The van der Waals surface area contributed by atoms with Crippen LogP contribution in [0.5, 0.6) is 0 Å². The van der Waals surface area contributed by atoms with Crippen LogP contribution in [0.1, 0.15) is 82.3 Å². The van der Waals surface area contributed by atoms with Crippen molar-refractivity contribution >= 4 is 0 Å². The zero-order valence-corrected chi connectivity index (χ0v) is 17.2. The number of unbranched alkanes of at least 4 members (excludes halogenated alkanes) is 3. The molecule has 0 aliphatic heterocycles. The molecular weight excluding hydrogens is 326 g/mol. The van der Waals surface area contributed by atoms with Gasteiger partial charge in [-0.25, -0.2) is 0 Å². The van der Waals surface area contributed by atoms with Crippen LogP contribution in [-0.2, 0) is 12.8 Å². The van der Waals surface area contributed by atoms with E-state index in [9.17, 15) is 0 Å². The highest BCUT2D eigenvalue weighted by Crippen LogP contribution is 2.32. The summed E-state index contributed by atoms with van der Waals surface area (Å²) in [6, 6.07) is 11.4. The molecule has 1 aromatic carbocycles. The van der Waals surface area contributed by atoms with Crippen LogP contribution in [0.2, 0.25) is 0 Å². The largest absolute Gasteiger partial charge is 0.193 e. The Labute approximate surface area is 167 Å². The summed E-state index contributed by atoms with van der Waals surface area (Å²) in [5.74, 6) is 1.66. The van der Waals surface area contributed by atoms with E-state index in [1.54, 1.807) is 6.08 Å². The van der Waals surface area contributed by atoms with Gasteiger partial charge in [-0.05, 0) is 74.3 Å². The third kappa shape index (κ3) is 9.09. The number of nitrogens with zero attached hydrogens (tertiary/aromatic N) is 1. The van der Waals surface area contributed by atoms with Crippen molar-refractivity contribution in [3.8, 4) is 6.07 Å². The van der Waals surface area contributed by atoms with Gasteiger partial charge < -0.3 is 0 Å². The first-order valence-corrected chi connectivity index (χ1v) is 11.1. The SMILES string of the molecule is CCCCCc1ccc(CCCC[C@H]2CC[C@H](/C=C/C=C/C#N)CC2)cc1. The predicted molar refractivity (Wildman–Crippen MR) is 117 cm³/mol. The highest BCUT2D eigenvalue weighted by Gasteiger charge is 2.18. The number of allylic oxidation sites excluding steroid dienone is 4. The van der Waals surface area contributed by atoms with Gasteiger partial charge in [0.15, 0.2) is 0 Å². The van der Waals surface area contributed by atoms with Gasteiger partial charge in [0.2, 0.25) is 0 Å². The lowest BCUT2D eigenvalue weighted by Crippen LogP contribution is -2.13. The minimum Gasteiger partial charge on any atom is -0.193 e. The van der Waals surface area contributed by atoms with E-state index in [1.807, 2.05) is 18.2 Å². The summed E-state index contributed by atoms with van der Waals surface area (Å²) in [5, 5.41) is 8.49. The molecule has 0 atom stereocenters. The maximum Gasteiger partial charge on any atom is 0.0912 e. The van der Waals surface area contributed by atoms with Crippen molar-refractivity contribution in [3.05, 3.63) is 59.7 Å². The molecule has 1 aliphatic carbocycles. The molecule has 0 unspecified atom stereocenters. The second-order valence-corrected chi connectivity index (χ2v) is 8.17. The van der Waals surface area contributed by atoms with Crippen LogP contribution in [0, 0.1) is 23.2 Å². The normalized spacial score (nSPS) is 20.3. The van der Waals surface area contributed by atoms with Crippen LogP contribution in [-0.4, -0.2) is 0 Å². The Kier molecular flexibility index (Phi) is 10.6. The van der Waals surface area contributed by atoms with Crippen molar-refractivity contribution in [2.75, 3.05) is 0 Å². The van der Waals surface area contributed by atoms with Gasteiger partial charge in [-0.2, -0.15) is 5.26 Å². The van der Waals surface area contributed by atoms with E-state index in [0.29, 0.717) is 0 Å². The van der Waals surface area contributed by atoms with Gasteiger partial charge >= 0.3 is 0 Å². The molecule has 146 valence electrons. The first-order chi connectivity index (χ1) is 13.3. The van der Waals surface area contributed by atoms with E-state index in [4.69, 9.17) is 5.26 Å². The maximum absolute atomic E-state index is 8.49. The molecule has 0 N–H and O–H groups in total. The summed E-state index contributed by atoms with van der Waals surface area (Å²) in [6.45, 7) is 2.27. The smallest absolute Gasteiger partial charge is 0.0912 e. The monoisotopic (exact) mass is 363 g/mol. The minimum absolute atomic E-state index is 0.723. The quantitative estimate of drug-likeness (QED) is 0.226. The van der Waals surface area contributed by atoms with E-state index in [2.05, 4.69) is 37.3 Å². The molecule has 1 nitrogen and oxygen atoms in total. The molecular formula is C26H37N. The topological polar surface area (TPSA) is 23.8 Å². The number of aryl methyl sites for hydroxylation is 2. The molecule has 0 saturated heterocycles. The molecule has 0 spiro atoms. The van der Waals surface area contributed by atoms with Crippen molar-refractivity contribution in [2.24, 2.45) is 11.8 Å². The molecule has 27 heavy (non-hydrogen) atoms. The third-order valence-corrected chi connectivity index (χ3v) is 5.98. The van der Waals surface area contributed by atoms with Crippen molar-refractivity contribution in [1.29, 1.82) is 5.26 Å². The Morgan fingerprint density at radius 1 is 0.889 bits per heavy atom. The standard InChI is InChI=1S/C26H37N/c1-2-3-5-10-23-14-18-25(19-15-23)12-7-8-13-26-20-16-24(17-21-26)11-6-4-9-22-27/h4,6,9,11,14-15,18-19,24,26H,2-3,5,7-8,10,12-13,16-17,20-21H2,1H3/b9-4+,11-6+/t24-,26-. The average molecular weight is 364 g/mol. The Hall–Kier alpha value is -1.81. The average Bonchev–Trinajstić information content (AvgIpc) is 2.71. The Morgan fingerprint density at radius 2 is 1.52 bits per heavy atom. The van der Waals surface area contributed by atoms with Crippen LogP contribution in [0.3, 0.4) is 0 Å². The van der Waals surface area contributed by atoms with E-state index in [1.165, 1.54) is 88.2 Å². The second-order valence-electron chi connectivity index (χ2n) is 8.17. The van der Waals surface area contributed by atoms with Crippen LogP contribution >= 0.6 is 0 Å². The van der Waals surface area contributed by atoms with Crippen molar-refractivity contribution < 1.29 is 0 Å². The molecule has 2 rings (SSSR count). The van der Waals surface area contributed by atoms with Crippen LogP contribution in [0.4, 0.5) is 0 Å². The third-order valence-electron chi connectivity index (χ3n) is 5.98. The predicted octanol–water partition coefficient (Wildman–Crippen LogP) is 7.57. The first-order valence-electron chi connectivity index (χ1n) is 11.1. The summed E-state index contributed by atoms with van der Waals surface area (Å²) < 4.78 is 0. The minimum atomic E-state index is 0.723. The van der Waals surface area contributed by atoms with Crippen LogP contribution in [0.15, 0.2) is 48.6 Å². The molecule has 0 amide bonds. The lowest BCUT2D eigenvalue weighted by Gasteiger charge is -2.26. The fourth-order valence-electron chi connectivity index (χ4n) is 4.20. The Morgan fingerprint density at radius 3 is 2.11 bits per heavy atom. The summed E-state index contributed by atoms with van der Waals surface area (Å²) in [5.41, 5.74) is 3.01. The van der Waals surface area contributed by atoms with Gasteiger partial charge in [0.05, 0.1) is 6.07 Å². The number of benzene rings is 1. The Bertz CT molecular complexity index is 594. The number of hydrogen-bond donors (Lipinski definition) is 0. The van der Waals surface area contributed by atoms with E-state index >= 15 is 0 Å². The maximum atomic E-state index is 8.49. The molecule has 1 saturated carbocycles. The van der Waals surface area contributed by atoms with Crippen LogP contribution < -0.4 is 0 Å². The highest BCUT2D eigenvalue weighted by atomic mass is 14.2. The Balaban J connectivity index is 1.56. The van der Waals surface area contributed by atoms with Gasteiger partial charge in [0.1, 0.15) is 0 Å². The molecule has 1 heteroatoms. The van der Waals surface area contributed by atoms with Crippen molar-refractivity contribution in [2.45, 2.75) is 84.0 Å². The zero-order valence-electron chi connectivity index (χ0n) is 17.2. The first kappa shape index (κ1) is 21.5. The summed E-state index contributed by atoms with van der Waals surface area (Å²) in [6.07, 6.45) is 23.7.